The van der Waals surface area contributed by atoms with Crippen LogP contribution in [0.5, 0.6) is 0 Å². The van der Waals surface area contributed by atoms with Crippen LogP contribution in [0.15, 0.2) is 24.3 Å². The number of halogens is 3. The van der Waals surface area contributed by atoms with Gasteiger partial charge in [0, 0.05) is 30.9 Å². The molecule has 0 spiro atoms. The Kier molecular flexibility index (Phi) is 3.83. The molecule has 0 saturated carbocycles. The van der Waals surface area contributed by atoms with Gasteiger partial charge >= 0.3 is 6.18 Å². The van der Waals surface area contributed by atoms with Crippen LogP contribution in [-0.2, 0) is 25.8 Å². The highest BCUT2D eigenvalue weighted by Gasteiger charge is 2.30. The molecule has 4 rings (SSSR count). The zero-order chi connectivity index (χ0) is 18.5. The van der Waals surface area contributed by atoms with Crippen molar-refractivity contribution in [2.45, 2.75) is 32.7 Å². The molecule has 0 radical (unpaired) electrons. The third-order valence-corrected chi connectivity index (χ3v) is 4.49. The number of alkyl halides is 3. The summed E-state index contributed by atoms with van der Waals surface area (Å²) in [6, 6.07) is 5.30. The minimum atomic E-state index is -4.35. The highest BCUT2D eigenvalue weighted by molar-refractivity contribution is 5.54. The average molecular weight is 362 g/mol. The molecule has 9 heteroatoms. The SMILES string of the molecule is Cc1nnc2nc(NCc3cccc(C(F)(F)F)c3)c3c(n12)CN(C)C3. The smallest absolute Gasteiger partial charge is 0.366 e. The van der Waals surface area contributed by atoms with Gasteiger partial charge in [-0.3, -0.25) is 9.30 Å². The fourth-order valence-corrected chi connectivity index (χ4v) is 3.28. The summed E-state index contributed by atoms with van der Waals surface area (Å²) in [4.78, 5) is 6.66. The Labute approximate surface area is 147 Å². The van der Waals surface area contributed by atoms with Crippen LogP contribution in [0.1, 0.15) is 28.2 Å². The van der Waals surface area contributed by atoms with Gasteiger partial charge in [0.25, 0.3) is 5.78 Å². The lowest BCUT2D eigenvalue weighted by Gasteiger charge is -2.13. The molecule has 3 aromatic rings. The maximum atomic E-state index is 12.9. The van der Waals surface area contributed by atoms with E-state index in [9.17, 15) is 13.2 Å². The van der Waals surface area contributed by atoms with E-state index in [-0.39, 0.29) is 6.54 Å². The van der Waals surface area contributed by atoms with Crippen LogP contribution in [-0.4, -0.2) is 31.5 Å². The lowest BCUT2D eigenvalue weighted by Crippen LogP contribution is -2.10. The monoisotopic (exact) mass is 362 g/mol. The Balaban J connectivity index is 1.66. The number of aromatic nitrogens is 4. The molecule has 0 amide bonds. The maximum absolute atomic E-state index is 12.9. The Bertz CT molecular complexity index is 979. The number of anilines is 1. The van der Waals surface area contributed by atoms with Crippen molar-refractivity contribution in [1.82, 2.24) is 24.5 Å². The largest absolute Gasteiger partial charge is 0.416 e. The first-order valence-corrected chi connectivity index (χ1v) is 8.15. The van der Waals surface area contributed by atoms with Crippen molar-refractivity contribution >= 4 is 11.6 Å². The Morgan fingerprint density at radius 2 is 2.00 bits per heavy atom. The molecule has 1 aliphatic heterocycles. The number of fused-ring (bicyclic) bond motifs is 3. The molecular weight excluding hydrogens is 345 g/mol. The van der Waals surface area contributed by atoms with E-state index < -0.39 is 11.7 Å². The van der Waals surface area contributed by atoms with Gasteiger partial charge in [-0.15, -0.1) is 10.2 Å². The molecule has 6 nitrogen and oxygen atoms in total. The molecule has 0 aliphatic carbocycles. The molecule has 0 saturated heterocycles. The number of rotatable bonds is 3. The highest BCUT2D eigenvalue weighted by atomic mass is 19.4. The number of benzene rings is 1. The first kappa shape index (κ1) is 16.8. The van der Waals surface area contributed by atoms with Gasteiger partial charge in [-0.2, -0.15) is 18.2 Å². The number of aryl methyl sites for hydroxylation is 1. The summed E-state index contributed by atoms with van der Waals surface area (Å²) in [5.41, 5.74) is 1.97. The quantitative estimate of drug-likeness (QED) is 0.776. The molecule has 2 aromatic heterocycles. The van der Waals surface area contributed by atoms with Gasteiger partial charge < -0.3 is 5.32 Å². The van der Waals surface area contributed by atoms with Crippen LogP contribution in [0.25, 0.3) is 5.78 Å². The lowest BCUT2D eigenvalue weighted by atomic mass is 10.1. The molecule has 0 bridgehead atoms. The van der Waals surface area contributed by atoms with E-state index in [0.29, 0.717) is 23.7 Å². The van der Waals surface area contributed by atoms with Gasteiger partial charge in [-0.25, -0.2) is 0 Å². The van der Waals surface area contributed by atoms with E-state index in [1.807, 2.05) is 18.4 Å². The van der Waals surface area contributed by atoms with E-state index in [1.165, 1.54) is 6.07 Å². The summed E-state index contributed by atoms with van der Waals surface area (Å²) >= 11 is 0. The van der Waals surface area contributed by atoms with Crippen molar-refractivity contribution in [3.8, 4) is 0 Å². The van der Waals surface area contributed by atoms with Crippen molar-refractivity contribution in [1.29, 1.82) is 0 Å². The van der Waals surface area contributed by atoms with E-state index in [4.69, 9.17) is 0 Å². The van der Waals surface area contributed by atoms with Crippen LogP contribution >= 0.6 is 0 Å². The standard InChI is InChI=1S/C17H17F3N6/c1-10-23-24-16-22-15(13-8-25(2)9-14(13)26(10)16)21-7-11-4-3-5-12(6-11)17(18,19)20/h3-6H,7-9H2,1-2H3,(H,21,22,24). The summed E-state index contributed by atoms with van der Waals surface area (Å²) in [5.74, 6) is 1.90. The fourth-order valence-electron chi connectivity index (χ4n) is 3.28. The van der Waals surface area contributed by atoms with Crippen molar-refractivity contribution in [2.75, 3.05) is 12.4 Å². The average Bonchev–Trinajstić information content (AvgIpc) is 3.14. The van der Waals surface area contributed by atoms with E-state index in [1.54, 1.807) is 6.07 Å². The van der Waals surface area contributed by atoms with Gasteiger partial charge in [-0.05, 0) is 31.7 Å². The second-order valence-corrected chi connectivity index (χ2v) is 6.49. The molecule has 26 heavy (non-hydrogen) atoms. The van der Waals surface area contributed by atoms with Crippen LogP contribution in [0.2, 0.25) is 0 Å². The fraction of sp³-hybridized carbons (Fsp3) is 0.353. The van der Waals surface area contributed by atoms with Crippen molar-refractivity contribution in [3.05, 3.63) is 52.5 Å². The Hall–Kier alpha value is -2.68. The summed E-state index contributed by atoms with van der Waals surface area (Å²) < 4.78 is 40.5. The molecule has 3 heterocycles. The van der Waals surface area contributed by atoms with E-state index >= 15 is 0 Å². The summed E-state index contributed by atoms with van der Waals surface area (Å²) in [7, 11) is 2.00. The zero-order valence-electron chi connectivity index (χ0n) is 14.3. The van der Waals surface area contributed by atoms with Crippen molar-refractivity contribution in [3.63, 3.8) is 0 Å². The predicted molar refractivity (Wildman–Crippen MR) is 89.5 cm³/mol. The summed E-state index contributed by atoms with van der Waals surface area (Å²) in [6.07, 6.45) is -4.35. The molecule has 1 aliphatic rings. The third-order valence-electron chi connectivity index (χ3n) is 4.49. The molecule has 0 atom stereocenters. The van der Waals surface area contributed by atoms with E-state index in [2.05, 4.69) is 25.4 Å². The molecule has 136 valence electrons. The maximum Gasteiger partial charge on any atom is 0.416 e. The topological polar surface area (TPSA) is 58.4 Å². The van der Waals surface area contributed by atoms with Gasteiger partial charge in [0.1, 0.15) is 11.6 Å². The summed E-state index contributed by atoms with van der Waals surface area (Å²) in [6.45, 7) is 3.57. The molecule has 1 N–H and O–H groups in total. The number of nitrogens with zero attached hydrogens (tertiary/aromatic N) is 5. The first-order valence-electron chi connectivity index (χ1n) is 8.15. The van der Waals surface area contributed by atoms with Gasteiger partial charge in [0.05, 0.1) is 5.56 Å². The normalized spacial score (nSPS) is 14.8. The Morgan fingerprint density at radius 1 is 1.19 bits per heavy atom. The van der Waals surface area contributed by atoms with Crippen LogP contribution in [0, 0.1) is 6.92 Å². The van der Waals surface area contributed by atoms with Crippen LogP contribution in [0.3, 0.4) is 0 Å². The molecular formula is C17H17F3N6. The Morgan fingerprint density at radius 3 is 2.77 bits per heavy atom. The number of hydrogen-bond donors (Lipinski definition) is 1. The molecule has 0 fully saturated rings. The predicted octanol–water partition coefficient (Wildman–Crippen LogP) is 3.01. The molecule has 1 aromatic carbocycles. The highest BCUT2D eigenvalue weighted by Crippen LogP contribution is 2.31. The van der Waals surface area contributed by atoms with Gasteiger partial charge in [-0.1, -0.05) is 12.1 Å². The van der Waals surface area contributed by atoms with Crippen molar-refractivity contribution < 1.29 is 13.2 Å². The number of hydrogen-bond acceptors (Lipinski definition) is 5. The van der Waals surface area contributed by atoms with Gasteiger partial charge in [0.15, 0.2) is 0 Å². The van der Waals surface area contributed by atoms with E-state index in [0.717, 1.165) is 35.8 Å². The second-order valence-electron chi connectivity index (χ2n) is 6.49. The molecule has 0 unspecified atom stereocenters. The second kappa shape index (κ2) is 5.94. The lowest BCUT2D eigenvalue weighted by molar-refractivity contribution is -0.137. The first-order chi connectivity index (χ1) is 12.3. The third kappa shape index (κ3) is 2.88. The number of nitrogens with one attached hydrogen (secondary N) is 1. The van der Waals surface area contributed by atoms with Crippen LogP contribution in [0.4, 0.5) is 19.0 Å². The minimum Gasteiger partial charge on any atom is -0.366 e. The zero-order valence-corrected chi connectivity index (χ0v) is 14.3. The minimum absolute atomic E-state index is 0.246. The summed E-state index contributed by atoms with van der Waals surface area (Å²) in [5, 5.41) is 11.3. The van der Waals surface area contributed by atoms with Crippen LogP contribution < -0.4 is 5.32 Å². The van der Waals surface area contributed by atoms with Gasteiger partial charge in [0.2, 0.25) is 0 Å². The van der Waals surface area contributed by atoms with Crippen molar-refractivity contribution in [2.24, 2.45) is 0 Å².